The summed E-state index contributed by atoms with van der Waals surface area (Å²) < 4.78 is 5.85. The zero-order chi connectivity index (χ0) is 19.8. The van der Waals surface area contributed by atoms with Crippen LogP contribution in [0.15, 0.2) is 41.1 Å². The molecule has 1 aromatic carbocycles. The van der Waals surface area contributed by atoms with Gasteiger partial charge in [-0.3, -0.25) is 4.79 Å². The summed E-state index contributed by atoms with van der Waals surface area (Å²) in [4.78, 5) is 24.2. The molecule has 6 nitrogen and oxygen atoms in total. The van der Waals surface area contributed by atoms with Crippen LogP contribution in [-0.2, 0) is 0 Å². The molecule has 6 heteroatoms. The molecular formula is C23H24N4O2. The van der Waals surface area contributed by atoms with Gasteiger partial charge in [-0.05, 0) is 50.0 Å². The Balaban J connectivity index is 1.28. The summed E-state index contributed by atoms with van der Waals surface area (Å²) in [6, 6.07) is 10.7. The minimum Gasteiger partial charge on any atom is -0.442 e. The fraction of sp³-hybridized carbons (Fsp3) is 0.435. The Morgan fingerprint density at radius 1 is 1.17 bits per heavy atom. The smallest absolute Gasteiger partial charge is 0.258 e. The third-order valence-electron chi connectivity index (χ3n) is 6.96. The standard InChI is InChI=1S/C23H24N4O2/c1-13-17(19-20(26-23(2)8-9-23)24-12-25-21(19)29-13)22(28)27-10-15-16(11-27)18(15)14-6-4-3-5-7-14/h3-7,12,15-16,18H,8-11H2,1-2H3,(H,24,25,26)/t15-,16+,18+. The molecule has 3 heterocycles. The quantitative estimate of drug-likeness (QED) is 0.732. The Morgan fingerprint density at radius 3 is 2.59 bits per heavy atom. The SMILES string of the molecule is Cc1oc2ncnc(NC3(C)CC3)c2c1C(=O)N1C[C@@H]2[C@H](C1)[C@H]2c1ccccc1. The minimum absolute atomic E-state index is 0.0408. The van der Waals surface area contributed by atoms with Crippen molar-refractivity contribution in [3.63, 3.8) is 0 Å². The Kier molecular flexibility index (Phi) is 3.41. The number of piperidine rings is 1. The first-order valence-corrected chi connectivity index (χ1v) is 10.4. The van der Waals surface area contributed by atoms with E-state index < -0.39 is 0 Å². The molecule has 0 bridgehead atoms. The monoisotopic (exact) mass is 388 g/mol. The Hall–Kier alpha value is -2.89. The molecule has 0 unspecified atom stereocenters. The third kappa shape index (κ3) is 2.65. The summed E-state index contributed by atoms with van der Waals surface area (Å²) >= 11 is 0. The molecule has 2 aliphatic carbocycles. The number of furan rings is 1. The number of carbonyl (C=O) groups excluding carboxylic acids is 1. The Bertz CT molecular complexity index is 1110. The molecule has 3 aromatic rings. The maximum absolute atomic E-state index is 13.5. The molecule has 0 radical (unpaired) electrons. The van der Waals surface area contributed by atoms with Crippen LogP contribution in [0.1, 0.15) is 47.4 Å². The zero-order valence-electron chi connectivity index (χ0n) is 16.7. The second-order valence-corrected chi connectivity index (χ2v) is 9.10. The number of carbonyl (C=O) groups is 1. The molecular weight excluding hydrogens is 364 g/mol. The van der Waals surface area contributed by atoms with Crippen LogP contribution < -0.4 is 5.32 Å². The summed E-state index contributed by atoms with van der Waals surface area (Å²) in [5.74, 6) is 3.10. The molecule has 0 spiro atoms. The van der Waals surface area contributed by atoms with E-state index in [-0.39, 0.29) is 11.4 Å². The van der Waals surface area contributed by atoms with Crippen molar-refractivity contribution in [3.05, 3.63) is 53.5 Å². The molecule has 29 heavy (non-hydrogen) atoms. The fourth-order valence-corrected chi connectivity index (χ4v) is 5.01. The van der Waals surface area contributed by atoms with Gasteiger partial charge in [0.2, 0.25) is 5.71 Å². The molecule has 1 N–H and O–H groups in total. The lowest BCUT2D eigenvalue weighted by Gasteiger charge is -2.20. The topological polar surface area (TPSA) is 71.3 Å². The van der Waals surface area contributed by atoms with Gasteiger partial charge in [0.1, 0.15) is 17.9 Å². The van der Waals surface area contributed by atoms with Crippen LogP contribution >= 0.6 is 0 Å². The number of likely N-dealkylation sites (tertiary alicyclic amines) is 1. The Morgan fingerprint density at radius 2 is 1.90 bits per heavy atom. The van der Waals surface area contributed by atoms with Crippen molar-refractivity contribution >= 4 is 22.8 Å². The largest absolute Gasteiger partial charge is 0.442 e. The van der Waals surface area contributed by atoms with Gasteiger partial charge in [0, 0.05) is 18.6 Å². The number of nitrogens with zero attached hydrogens (tertiary/aromatic N) is 3. The predicted octanol–water partition coefficient (Wildman–Crippen LogP) is 3.98. The molecule has 2 saturated carbocycles. The van der Waals surface area contributed by atoms with Crippen molar-refractivity contribution in [3.8, 4) is 0 Å². The number of aromatic nitrogens is 2. The van der Waals surface area contributed by atoms with Gasteiger partial charge < -0.3 is 14.6 Å². The van der Waals surface area contributed by atoms with Crippen LogP contribution in [0.5, 0.6) is 0 Å². The molecule has 3 fully saturated rings. The number of rotatable bonds is 4. The van der Waals surface area contributed by atoms with Crippen LogP contribution in [0.3, 0.4) is 0 Å². The highest BCUT2D eigenvalue weighted by Crippen LogP contribution is 2.58. The van der Waals surface area contributed by atoms with E-state index in [0.717, 1.165) is 31.3 Å². The fourth-order valence-electron chi connectivity index (χ4n) is 5.01. The highest BCUT2D eigenvalue weighted by Gasteiger charge is 2.57. The first-order chi connectivity index (χ1) is 14.0. The van der Waals surface area contributed by atoms with Crippen molar-refractivity contribution in [1.29, 1.82) is 0 Å². The summed E-state index contributed by atoms with van der Waals surface area (Å²) in [5, 5.41) is 4.22. The van der Waals surface area contributed by atoms with E-state index in [1.54, 1.807) is 0 Å². The lowest BCUT2D eigenvalue weighted by molar-refractivity contribution is 0.0772. The number of hydrogen-bond donors (Lipinski definition) is 1. The van der Waals surface area contributed by atoms with E-state index >= 15 is 0 Å². The number of hydrogen-bond acceptors (Lipinski definition) is 5. The summed E-state index contributed by atoms with van der Waals surface area (Å²) in [7, 11) is 0. The van der Waals surface area contributed by atoms with E-state index in [4.69, 9.17) is 4.42 Å². The normalized spacial score (nSPS) is 26.4. The lowest BCUT2D eigenvalue weighted by Crippen LogP contribution is -2.31. The van der Waals surface area contributed by atoms with Gasteiger partial charge in [-0.25, -0.2) is 9.97 Å². The molecule has 6 rings (SSSR count). The van der Waals surface area contributed by atoms with Crippen LogP contribution in [-0.4, -0.2) is 39.4 Å². The number of benzene rings is 1. The predicted molar refractivity (Wildman–Crippen MR) is 110 cm³/mol. The highest BCUT2D eigenvalue weighted by molar-refractivity contribution is 6.10. The van der Waals surface area contributed by atoms with Crippen LogP contribution in [0.2, 0.25) is 0 Å². The number of anilines is 1. The summed E-state index contributed by atoms with van der Waals surface area (Å²) in [5.41, 5.74) is 2.56. The molecule has 1 amide bonds. The average molecular weight is 388 g/mol. The number of nitrogens with one attached hydrogen (secondary N) is 1. The first kappa shape index (κ1) is 17.0. The lowest BCUT2D eigenvalue weighted by atomic mass is 10.1. The highest BCUT2D eigenvalue weighted by atomic mass is 16.3. The van der Waals surface area contributed by atoms with Crippen molar-refractivity contribution in [2.45, 2.75) is 38.1 Å². The van der Waals surface area contributed by atoms with Crippen LogP contribution in [0.4, 0.5) is 5.82 Å². The van der Waals surface area contributed by atoms with Gasteiger partial charge in [0.15, 0.2) is 0 Å². The van der Waals surface area contributed by atoms with Gasteiger partial charge in [0.05, 0.1) is 10.9 Å². The van der Waals surface area contributed by atoms with Gasteiger partial charge in [-0.15, -0.1) is 0 Å². The van der Waals surface area contributed by atoms with Gasteiger partial charge >= 0.3 is 0 Å². The van der Waals surface area contributed by atoms with Gasteiger partial charge in [-0.1, -0.05) is 30.3 Å². The number of aryl methyl sites for hydroxylation is 1. The van der Waals surface area contributed by atoms with Crippen molar-refractivity contribution in [2.24, 2.45) is 11.8 Å². The molecule has 1 saturated heterocycles. The Labute approximate surface area is 169 Å². The molecule has 3 atom stereocenters. The number of fused-ring (bicyclic) bond motifs is 2. The number of amides is 1. The molecule has 1 aliphatic heterocycles. The van der Waals surface area contributed by atoms with E-state index in [1.165, 1.54) is 11.9 Å². The van der Waals surface area contributed by atoms with Crippen LogP contribution in [0, 0.1) is 18.8 Å². The summed E-state index contributed by atoms with van der Waals surface area (Å²) in [6.07, 6.45) is 3.72. The maximum Gasteiger partial charge on any atom is 0.258 e. The van der Waals surface area contributed by atoms with Gasteiger partial charge in [0.25, 0.3) is 5.91 Å². The average Bonchev–Trinajstić information content (AvgIpc) is 3.51. The second-order valence-electron chi connectivity index (χ2n) is 9.10. The molecule has 2 aromatic heterocycles. The maximum atomic E-state index is 13.5. The van der Waals surface area contributed by atoms with Gasteiger partial charge in [-0.2, -0.15) is 0 Å². The van der Waals surface area contributed by atoms with E-state index in [1.807, 2.05) is 11.8 Å². The van der Waals surface area contributed by atoms with E-state index in [0.29, 0.717) is 40.6 Å². The minimum atomic E-state index is 0.0408. The van der Waals surface area contributed by atoms with Crippen molar-refractivity contribution in [1.82, 2.24) is 14.9 Å². The first-order valence-electron chi connectivity index (χ1n) is 10.4. The van der Waals surface area contributed by atoms with E-state index in [2.05, 4.69) is 52.5 Å². The zero-order valence-corrected chi connectivity index (χ0v) is 16.7. The van der Waals surface area contributed by atoms with E-state index in [9.17, 15) is 4.79 Å². The second kappa shape index (κ2) is 5.81. The molecule has 148 valence electrons. The van der Waals surface area contributed by atoms with Crippen molar-refractivity contribution in [2.75, 3.05) is 18.4 Å². The summed E-state index contributed by atoms with van der Waals surface area (Å²) in [6.45, 7) is 5.64. The third-order valence-corrected chi connectivity index (χ3v) is 6.96. The molecule has 3 aliphatic rings. The van der Waals surface area contributed by atoms with Crippen molar-refractivity contribution < 1.29 is 9.21 Å². The van der Waals surface area contributed by atoms with Crippen LogP contribution in [0.25, 0.3) is 11.1 Å².